The van der Waals surface area contributed by atoms with Crippen molar-refractivity contribution in [2.75, 3.05) is 20.6 Å². The van der Waals surface area contributed by atoms with Gasteiger partial charge in [0, 0.05) is 44.8 Å². The molecule has 3 rings (SSSR count). The fourth-order valence-electron chi connectivity index (χ4n) is 2.65. The van der Waals surface area contributed by atoms with Crippen molar-refractivity contribution in [2.45, 2.75) is 26.1 Å². The van der Waals surface area contributed by atoms with Gasteiger partial charge in [-0.05, 0) is 13.0 Å². The van der Waals surface area contributed by atoms with Crippen molar-refractivity contribution in [1.29, 1.82) is 0 Å². The van der Waals surface area contributed by atoms with Crippen molar-refractivity contribution in [3.8, 4) is 0 Å². The summed E-state index contributed by atoms with van der Waals surface area (Å²) in [6.45, 7) is 4.36. The monoisotopic (exact) mass is 305 g/mol. The molecule has 0 N–H and O–H groups in total. The van der Waals surface area contributed by atoms with Crippen LogP contribution in [0.3, 0.4) is 0 Å². The molecule has 0 aliphatic carbocycles. The summed E-state index contributed by atoms with van der Waals surface area (Å²) in [6, 6.07) is 1.74. The van der Waals surface area contributed by atoms with E-state index < -0.39 is 0 Å². The lowest BCUT2D eigenvalue weighted by atomic mass is 10.1. The molecule has 1 unspecified atom stereocenters. The van der Waals surface area contributed by atoms with E-state index in [1.54, 1.807) is 36.5 Å². The van der Waals surface area contributed by atoms with E-state index in [1.165, 1.54) is 4.88 Å². The number of rotatable bonds is 3. The molecule has 1 amide bonds. The van der Waals surface area contributed by atoms with Gasteiger partial charge in [-0.2, -0.15) is 5.10 Å². The topological polar surface area (TPSA) is 54.3 Å². The summed E-state index contributed by atoms with van der Waals surface area (Å²) in [6.07, 6.45) is 1.77. The molecule has 1 aliphatic heterocycles. The Morgan fingerprint density at radius 2 is 2.33 bits per heavy atom. The second-order valence-electron chi connectivity index (χ2n) is 5.55. The van der Waals surface area contributed by atoms with Gasteiger partial charge in [-0.3, -0.25) is 14.4 Å². The van der Waals surface area contributed by atoms with Gasteiger partial charge < -0.3 is 4.90 Å². The fraction of sp³-hybridized carbons (Fsp3) is 0.500. The molecule has 6 nitrogen and oxygen atoms in total. The van der Waals surface area contributed by atoms with Gasteiger partial charge in [0.2, 0.25) is 5.91 Å². The number of fused-ring (bicyclic) bond motifs is 1. The molecule has 2 aromatic rings. The van der Waals surface area contributed by atoms with E-state index in [0.717, 1.165) is 24.5 Å². The van der Waals surface area contributed by atoms with E-state index in [9.17, 15) is 4.79 Å². The van der Waals surface area contributed by atoms with Crippen LogP contribution in [0.1, 0.15) is 22.3 Å². The first-order chi connectivity index (χ1) is 10.1. The summed E-state index contributed by atoms with van der Waals surface area (Å²) >= 11 is 1.67. The number of carbonyl (C=O) groups is 1. The van der Waals surface area contributed by atoms with Crippen LogP contribution >= 0.6 is 11.3 Å². The van der Waals surface area contributed by atoms with E-state index in [-0.39, 0.29) is 11.9 Å². The first kappa shape index (κ1) is 14.2. The third-order valence-corrected chi connectivity index (χ3v) is 4.72. The first-order valence-electron chi connectivity index (χ1n) is 6.91. The van der Waals surface area contributed by atoms with Gasteiger partial charge >= 0.3 is 0 Å². The predicted octanol–water partition coefficient (Wildman–Crippen LogP) is 1.29. The largest absolute Gasteiger partial charge is 0.347 e. The molecular formula is C14H19N5OS. The van der Waals surface area contributed by atoms with E-state index in [1.807, 2.05) is 23.2 Å². The van der Waals surface area contributed by atoms with Gasteiger partial charge in [-0.15, -0.1) is 11.3 Å². The first-order valence-corrected chi connectivity index (χ1v) is 7.79. The van der Waals surface area contributed by atoms with Crippen molar-refractivity contribution in [1.82, 2.24) is 24.6 Å². The van der Waals surface area contributed by atoms with Crippen LogP contribution in [-0.2, 0) is 17.9 Å². The number of aryl methyl sites for hydroxylation is 1. The van der Waals surface area contributed by atoms with Crippen LogP contribution in [0.2, 0.25) is 0 Å². The van der Waals surface area contributed by atoms with Crippen LogP contribution < -0.4 is 0 Å². The minimum Gasteiger partial charge on any atom is -0.347 e. The van der Waals surface area contributed by atoms with Crippen molar-refractivity contribution in [3.05, 3.63) is 34.0 Å². The highest BCUT2D eigenvalue weighted by atomic mass is 32.1. The molecule has 112 valence electrons. The quantitative estimate of drug-likeness (QED) is 0.857. The Bertz CT molecular complexity index is 647. The zero-order valence-electron chi connectivity index (χ0n) is 12.5. The van der Waals surface area contributed by atoms with Gasteiger partial charge in [0.05, 0.1) is 16.9 Å². The second kappa shape index (κ2) is 5.57. The molecule has 0 aromatic carbocycles. The van der Waals surface area contributed by atoms with Gasteiger partial charge in [-0.1, -0.05) is 0 Å². The average Bonchev–Trinajstić information content (AvgIpc) is 3.06. The number of carbonyl (C=O) groups excluding carboxylic acids is 1. The van der Waals surface area contributed by atoms with Crippen LogP contribution in [0.15, 0.2) is 17.8 Å². The summed E-state index contributed by atoms with van der Waals surface area (Å²) in [5.74, 6) is 0.0886. The van der Waals surface area contributed by atoms with E-state index in [2.05, 4.69) is 15.0 Å². The number of hydrogen-bond acceptors (Lipinski definition) is 5. The number of likely N-dealkylation sites (N-methyl/N-ethyl adjacent to an activating group) is 1. The number of nitrogens with zero attached hydrogens (tertiary/aromatic N) is 5. The Hall–Kier alpha value is -1.73. The second-order valence-corrected chi connectivity index (χ2v) is 6.49. The van der Waals surface area contributed by atoms with Crippen molar-refractivity contribution >= 4 is 17.2 Å². The Morgan fingerprint density at radius 1 is 1.52 bits per heavy atom. The van der Waals surface area contributed by atoms with E-state index >= 15 is 0 Å². The van der Waals surface area contributed by atoms with Crippen LogP contribution in [0.4, 0.5) is 0 Å². The van der Waals surface area contributed by atoms with Gasteiger partial charge in [0.15, 0.2) is 0 Å². The molecule has 1 atom stereocenters. The SMILES string of the molecule is Cc1ncsc1CN1Cc2ccnn2C(C(=O)N(C)C)C1. The van der Waals surface area contributed by atoms with Gasteiger partial charge in [-0.25, -0.2) is 4.98 Å². The molecule has 0 fully saturated rings. The molecular weight excluding hydrogens is 286 g/mol. The van der Waals surface area contributed by atoms with Gasteiger partial charge in [0.1, 0.15) is 6.04 Å². The minimum atomic E-state index is -0.244. The molecule has 0 bridgehead atoms. The van der Waals surface area contributed by atoms with Crippen LogP contribution in [-0.4, -0.2) is 51.1 Å². The third-order valence-electron chi connectivity index (χ3n) is 3.80. The van der Waals surface area contributed by atoms with Crippen molar-refractivity contribution < 1.29 is 4.79 Å². The molecule has 1 aliphatic rings. The lowest BCUT2D eigenvalue weighted by Gasteiger charge is -2.34. The predicted molar refractivity (Wildman–Crippen MR) is 80.9 cm³/mol. The maximum absolute atomic E-state index is 12.4. The third kappa shape index (κ3) is 2.71. The molecule has 21 heavy (non-hydrogen) atoms. The highest BCUT2D eigenvalue weighted by Gasteiger charge is 2.32. The summed E-state index contributed by atoms with van der Waals surface area (Å²) in [5, 5.41) is 4.32. The van der Waals surface area contributed by atoms with Crippen LogP contribution in [0, 0.1) is 6.92 Å². The number of aromatic nitrogens is 3. The van der Waals surface area contributed by atoms with E-state index in [0.29, 0.717) is 6.54 Å². The lowest BCUT2D eigenvalue weighted by Crippen LogP contribution is -2.44. The summed E-state index contributed by atoms with van der Waals surface area (Å²) in [7, 11) is 3.58. The maximum Gasteiger partial charge on any atom is 0.248 e. The Kier molecular flexibility index (Phi) is 3.77. The molecule has 0 radical (unpaired) electrons. The van der Waals surface area contributed by atoms with E-state index in [4.69, 9.17) is 0 Å². The Labute approximate surface area is 128 Å². The number of amides is 1. The zero-order valence-corrected chi connectivity index (χ0v) is 13.3. The van der Waals surface area contributed by atoms with Crippen molar-refractivity contribution in [2.24, 2.45) is 0 Å². The maximum atomic E-state index is 12.4. The summed E-state index contributed by atoms with van der Waals surface area (Å²) < 4.78 is 1.86. The molecule has 2 aromatic heterocycles. The Balaban J connectivity index is 1.83. The van der Waals surface area contributed by atoms with Crippen molar-refractivity contribution in [3.63, 3.8) is 0 Å². The smallest absolute Gasteiger partial charge is 0.248 e. The fourth-order valence-corrected chi connectivity index (χ4v) is 3.46. The average molecular weight is 305 g/mol. The molecule has 0 saturated carbocycles. The number of hydrogen-bond donors (Lipinski definition) is 0. The standard InChI is InChI=1S/C14H19N5OS/c1-10-13(21-9-15-10)8-18-6-11-4-5-16-19(11)12(7-18)14(20)17(2)3/h4-5,9,12H,6-8H2,1-3H3. The molecule has 0 spiro atoms. The number of thiazole rings is 1. The lowest BCUT2D eigenvalue weighted by molar-refractivity contribution is -0.134. The summed E-state index contributed by atoms with van der Waals surface area (Å²) in [4.78, 5) is 21.9. The van der Waals surface area contributed by atoms with Crippen LogP contribution in [0.5, 0.6) is 0 Å². The normalized spacial score (nSPS) is 18.5. The molecule has 7 heteroatoms. The highest BCUT2D eigenvalue weighted by molar-refractivity contribution is 7.09. The Morgan fingerprint density at radius 3 is 3.00 bits per heavy atom. The van der Waals surface area contributed by atoms with Gasteiger partial charge in [0.25, 0.3) is 0 Å². The highest BCUT2D eigenvalue weighted by Crippen LogP contribution is 2.25. The molecule has 0 saturated heterocycles. The van der Waals surface area contributed by atoms with Crippen LogP contribution in [0.25, 0.3) is 0 Å². The zero-order chi connectivity index (χ0) is 15.0. The molecule has 3 heterocycles. The summed E-state index contributed by atoms with van der Waals surface area (Å²) in [5.41, 5.74) is 4.04. The minimum absolute atomic E-state index is 0.0886.